The summed E-state index contributed by atoms with van der Waals surface area (Å²) in [6.07, 6.45) is 14.0. The average Bonchev–Trinajstić information content (AvgIpc) is 1.62. The van der Waals surface area contributed by atoms with Gasteiger partial charge >= 0.3 is 42.1 Å². The Hall–Kier alpha value is -13.3. The summed E-state index contributed by atoms with van der Waals surface area (Å²) < 4.78 is 34.7. The molecule has 0 fully saturated rings. The number of para-hydroxylation sites is 4. The summed E-state index contributed by atoms with van der Waals surface area (Å²) >= 11 is 0. The number of benzene rings is 10. The van der Waals surface area contributed by atoms with Crippen molar-refractivity contribution in [2.45, 2.75) is 0 Å². The number of aromatic nitrogens is 12. The second-order valence-corrected chi connectivity index (χ2v) is 24.4. The molecule has 0 aliphatic carbocycles. The molecule has 0 atom stereocenters. The molecule has 20 rings (SSSR count). The molecule has 0 aliphatic heterocycles. The first kappa shape index (κ1) is 66.0. The number of fused-ring (bicyclic) bond motifs is 12. The van der Waals surface area contributed by atoms with E-state index >= 15 is 0 Å². The summed E-state index contributed by atoms with van der Waals surface area (Å²) in [6.45, 7) is 0. The zero-order valence-electron chi connectivity index (χ0n) is 55.7. The van der Waals surface area contributed by atoms with Gasteiger partial charge in [0, 0.05) is 117 Å². The van der Waals surface area contributed by atoms with Crippen LogP contribution in [-0.2, 0) is 42.1 Å². The van der Waals surface area contributed by atoms with Crippen LogP contribution in [-0.4, -0.2) is 58.1 Å². The Bertz CT molecular complexity index is 5870. The van der Waals surface area contributed by atoms with Crippen LogP contribution in [0.1, 0.15) is 0 Å². The summed E-state index contributed by atoms with van der Waals surface area (Å²) in [5, 5.41) is 8.79. The zero-order valence-corrected chi connectivity index (χ0v) is 60.2. The maximum Gasteiger partial charge on any atom is 2.00 e. The molecule has 16 nitrogen and oxygen atoms in total. The Morgan fingerprint density at radius 2 is 0.566 bits per heavy atom. The third-order valence-electron chi connectivity index (χ3n) is 18.1. The average molecular weight is 1730 g/mol. The molecular formula is C88H52N12O4Pt2. The van der Waals surface area contributed by atoms with Crippen LogP contribution in [0, 0.1) is 24.3 Å². The summed E-state index contributed by atoms with van der Waals surface area (Å²) in [5.74, 6) is 8.53. The first-order valence-corrected chi connectivity index (χ1v) is 33.6. The number of ether oxygens (including phenoxy) is 4. The van der Waals surface area contributed by atoms with Crippen LogP contribution in [0.3, 0.4) is 0 Å². The topological polar surface area (TPSA) is 160 Å². The van der Waals surface area contributed by atoms with E-state index in [0.29, 0.717) is 63.2 Å². The summed E-state index contributed by atoms with van der Waals surface area (Å²) in [5.41, 5.74) is 9.13. The minimum Gasteiger partial charge on any atom is -0.521 e. The van der Waals surface area contributed by atoms with Gasteiger partial charge in [0.15, 0.2) is 5.82 Å². The fraction of sp³-hybridized carbons (Fsp3) is 0. The monoisotopic (exact) mass is 1730 g/mol. The molecule has 508 valence electrons. The van der Waals surface area contributed by atoms with Crippen LogP contribution in [0.5, 0.6) is 46.0 Å². The van der Waals surface area contributed by atoms with E-state index < -0.39 is 0 Å². The molecule has 10 heterocycles. The van der Waals surface area contributed by atoms with Gasteiger partial charge in [-0.05, 0) is 149 Å². The summed E-state index contributed by atoms with van der Waals surface area (Å²) in [4.78, 5) is 36.6. The minimum atomic E-state index is 0. The largest absolute Gasteiger partial charge is 2.00 e. The Morgan fingerprint density at radius 1 is 0.226 bits per heavy atom. The molecule has 10 aromatic carbocycles. The Labute approximate surface area is 634 Å². The summed E-state index contributed by atoms with van der Waals surface area (Å²) in [7, 11) is 0. The molecule has 0 N–H and O–H groups in total. The van der Waals surface area contributed by atoms with Crippen LogP contribution in [0.15, 0.2) is 316 Å². The SMILES string of the molecule is [Pt+2].[Pt+2].[c-]1c(-c2ncccn2)[c-]c(Oc2[c-]c3c(cc2)c2ccccc2n3-c2ccccn2)cc1Oc1[c-]c2c(cc1)c1ccccc1n2-c1ccccn1.c1ccc(-n2c3ccccc3c3ccc(Oc4cc(Oc5ccc6c7ccccc7n(-c7ccccn7)c6c5)cc(-c5ncccn5)c4)cc32)nc1. The normalized spacial score (nSPS) is 11.2. The van der Waals surface area contributed by atoms with Crippen molar-refractivity contribution in [3.63, 3.8) is 0 Å². The van der Waals surface area contributed by atoms with Crippen LogP contribution in [0.4, 0.5) is 0 Å². The predicted octanol–water partition coefficient (Wildman–Crippen LogP) is 20.6. The van der Waals surface area contributed by atoms with E-state index in [9.17, 15) is 0 Å². The molecule has 0 saturated carbocycles. The van der Waals surface area contributed by atoms with Crippen molar-refractivity contribution >= 4 is 87.2 Å². The van der Waals surface area contributed by atoms with Crippen molar-refractivity contribution in [1.29, 1.82) is 0 Å². The van der Waals surface area contributed by atoms with Gasteiger partial charge in [-0.1, -0.05) is 108 Å². The van der Waals surface area contributed by atoms with Crippen molar-refractivity contribution in [3.05, 3.63) is 341 Å². The van der Waals surface area contributed by atoms with Crippen LogP contribution < -0.4 is 18.9 Å². The molecule has 10 aromatic heterocycles. The molecule has 0 saturated heterocycles. The van der Waals surface area contributed by atoms with E-state index in [0.717, 1.165) is 116 Å². The van der Waals surface area contributed by atoms with Gasteiger partial charge in [0.2, 0.25) is 0 Å². The molecule has 0 amide bonds. The van der Waals surface area contributed by atoms with E-state index in [4.69, 9.17) is 18.9 Å². The molecular weight excluding hydrogens is 1680 g/mol. The van der Waals surface area contributed by atoms with E-state index in [-0.39, 0.29) is 42.1 Å². The van der Waals surface area contributed by atoms with Gasteiger partial charge in [0.1, 0.15) is 46.3 Å². The molecule has 0 radical (unpaired) electrons. The minimum absolute atomic E-state index is 0. The van der Waals surface area contributed by atoms with Gasteiger partial charge in [-0.2, -0.15) is 12.1 Å². The van der Waals surface area contributed by atoms with Crippen molar-refractivity contribution < 1.29 is 61.1 Å². The number of nitrogens with zero attached hydrogens (tertiary/aromatic N) is 12. The van der Waals surface area contributed by atoms with Crippen LogP contribution >= 0.6 is 0 Å². The maximum absolute atomic E-state index is 6.62. The van der Waals surface area contributed by atoms with Crippen molar-refractivity contribution in [1.82, 2.24) is 58.1 Å². The third kappa shape index (κ3) is 12.4. The first-order chi connectivity index (χ1) is 51.5. The van der Waals surface area contributed by atoms with Gasteiger partial charge in [-0.25, -0.2) is 47.6 Å². The smallest absolute Gasteiger partial charge is 0.521 e. The first-order valence-electron chi connectivity index (χ1n) is 33.6. The van der Waals surface area contributed by atoms with E-state index in [1.54, 1.807) is 55.4 Å². The molecule has 0 bridgehead atoms. The van der Waals surface area contributed by atoms with Gasteiger partial charge < -0.3 is 38.0 Å². The second-order valence-electron chi connectivity index (χ2n) is 24.4. The molecule has 18 heteroatoms. The Kier molecular flexibility index (Phi) is 17.8. The molecule has 0 spiro atoms. The molecule has 20 aromatic rings. The Morgan fingerprint density at radius 3 is 0.972 bits per heavy atom. The van der Waals surface area contributed by atoms with Crippen molar-refractivity contribution in [3.8, 4) is 92.0 Å². The fourth-order valence-electron chi connectivity index (χ4n) is 13.7. The second kappa shape index (κ2) is 28.5. The fourth-order valence-corrected chi connectivity index (χ4v) is 13.7. The van der Waals surface area contributed by atoms with E-state index in [1.807, 2.05) is 176 Å². The van der Waals surface area contributed by atoms with Crippen LogP contribution in [0.25, 0.3) is 133 Å². The van der Waals surface area contributed by atoms with Gasteiger partial charge in [-0.3, -0.25) is 9.13 Å². The standard InChI is InChI=1S/C44H28N6O2.C44H24N6O2.2Pt/c2*1-3-12-38-34(10-1)36-18-16-30(27-40(36)49(38)42-14-5-7-20-45-42)51-32-24-29(44-47-22-9-23-48-44)25-33(26-32)52-31-17-19-37-35-11-2-4-13-39(35)50(41(37)28-31)43-15-6-8-21-46-43;;/h1-28H;1-23,26H;;/q;-4;2*+2. The Balaban J connectivity index is 0.000000153. The van der Waals surface area contributed by atoms with E-state index in [1.165, 1.54) is 0 Å². The van der Waals surface area contributed by atoms with Gasteiger partial charge in [0.05, 0.1) is 22.1 Å². The number of hydrogen-bond acceptors (Lipinski definition) is 12. The number of hydrogen-bond donors (Lipinski definition) is 0. The maximum atomic E-state index is 6.62. The van der Waals surface area contributed by atoms with E-state index in [2.05, 4.69) is 167 Å². The molecule has 0 aliphatic rings. The predicted molar refractivity (Wildman–Crippen MR) is 405 cm³/mol. The van der Waals surface area contributed by atoms with Crippen LogP contribution in [0.2, 0.25) is 0 Å². The van der Waals surface area contributed by atoms with Crippen molar-refractivity contribution in [2.75, 3.05) is 0 Å². The summed E-state index contributed by atoms with van der Waals surface area (Å²) in [6, 6.07) is 102. The quantitative estimate of drug-likeness (QED) is 0.0950. The zero-order chi connectivity index (χ0) is 68.9. The molecule has 106 heavy (non-hydrogen) atoms. The van der Waals surface area contributed by atoms with Gasteiger partial charge in [0.25, 0.3) is 0 Å². The van der Waals surface area contributed by atoms with Gasteiger partial charge in [-0.15, -0.1) is 41.1 Å². The molecule has 0 unspecified atom stereocenters. The number of rotatable bonds is 14. The third-order valence-corrected chi connectivity index (χ3v) is 18.1. The number of pyridine rings is 4. The van der Waals surface area contributed by atoms with Crippen molar-refractivity contribution in [2.24, 2.45) is 0 Å².